The summed E-state index contributed by atoms with van der Waals surface area (Å²) in [5.41, 5.74) is 2.97. The molecule has 0 aliphatic heterocycles. The summed E-state index contributed by atoms with van der Waals surface area (Å²) in [5, 5.41) is 0. The Balaban J connectivity index is 1.96. The first-order valence-corrected chi connectivity index (χ1v) is 14.4. The highest BCUT2D eigenvalue weighted by Crippen LogP contribution is 2.40. The van der Waals surface area contributed by atoms with Crippen LogP contribution in [0, 0.1) is 6.92 Å². The van der Waals surface area contributed by atoms with Gasteiger partial charge in [0, 0.05) is 5.92 Å². The van der Waals surface area contributed by atoms with Crippen molar-refractivity contribution in [2.75, 3.05) is 6.61 Å². The summed E-state index contributed by atoms with van der Waals surface area (Å²) in [6.45, 7) is 7.46. The van der Waals surface area contributed by atoms with Gasteiger partial charge in [0.05, 0.1) is 11.5 Å². The van der Waals surface area contributed by atoms with Gasteiger partial charge in [-0.2, -0.15) is 16.8 Å². The summed E-state index contributed by atoms with van der Waals surface area (Å²) in [6.07, 6.45) is 4.90. The molecule has 33 heavy (non-hydrogen) atoms. The molecule has 2 aromatic rings. The van der Waals surface area contributed by atoms with Crippen LogP contribution in [0.5, 0.6) is 0 Å². The van der Waals surface area contributed by atoms with Crippen molar-refractivity contribution < 1.29 is 25.6 Å². The van der Waals surface area contributed by atoms with Gasteiger partial charge in [-0.1, -0.05) is 69.9 Å². The molecular formula is C25H34O6S2. The van der Waals surface area contributed by atoms with Crippen LogP contribution in [0.3, 0.4) is 0 Å². The van der Waals surface area contributed by atoms with Gasteiger partial charge in [-0.25, -0.2) is 0 Å². The Bertz CT molecular complexity index is 1180. The predicted octanol–water partition coefficient (Wildman–Crippen LogP) is 5.92. The smallest absolute Gasteiger partial charge is 0.282 e. The molecule has 1 unspecified atom stereocenters. The Kier molecular flexibility index (Phi) is 8.04. The Morgan fingerprint density at radius 2 is 1.58 bits per heavy atom. The fraction of sp³-hybridized carbons (Fsp3) is 0.520. The second-order valence-corrected chi connectivity index (χ2v) is 12.4. The maximum Gasteiger partial charge on any atom is 0.296 e. The van der Waals surface area contributed by atoms with Gasteiger partial charge < -0.3 is 0 Å². The molecule has 0 radical (unpaired) electrons. The van der Waals surface area contributed by atoms with E-state index in [1.165, 1.54) is 12.1 Å². The highest BCUT2D eigenvalue weighted by atomic mass is 32.2. The van der Waals surface area contributed by atoms with Gasteiger partial charge in [0.2, 0.25) is 0 Å². The molecule has 0 amide bonds. The summed E-state index contributed by atoms with van der Waals surface area (Å²) in [7, 11) is -8.31. The molecule has 1 saturated carbocycles. The van der Waals surface area contributed by atoms with E-state index in [1.807, 2.05) is 33.8 Å². The van der Waals surface area contributed by atoms with Crippen molar-refractivity contribution in [2.24, 2.45) is 0 Å². The molecule has 6 nitrogen and oxygen atoms in total. The highest BCUT2D eigenvalue weighted by Gasteiger charge is 2.29. The molecule has 3 rings (SSSR count). The fourth-order valence-electron chi connectivity index (χ4n) is 4.49. The van der Waals surface area contributed by atoms with E-state index in [4.69, 9.17) is 4.18 Å². The molecule has 1 atom stereocenters. The molecule has 1 aliphatic carbocycles. The van der Waals surface area contributed by atoms with E-state index in [1.54, 1.807) is 18.2 Å². The molecule has 0 spiro atoms. The first kappa shape index (κ1) is 25.9. The predicted molar refractivity (Wildman–Crippen MR) is 129 cm³/mol. The van der Waals surface area contributed by atoms with Crippen molar-refractivity contribution in [2.45, 2.75) is 87.3 Å². The average Bonchev–Trinajstić information content (AvgIpc) is 2.77. The second-order valence-electron chi connectivity index (χ2n) is 9.45. The molecule has 8 heteroatoms. The molecular weight excluding hydrogens is 460 g/mol. The third-order valence-electron chi connectivity index (χ3n) is 6.45. The first-order valence-electron chi connectivity index (χ1n) is 11.5. The normalized spacial score (nSPS) is 16.8. The van der Waals surface area contributed by atoms with Crippen LogP contribution in [0.2, 0.25) is 0 Å². The van der Waals surface area contributed by atoms with E-state index < -0.39 is 20.2 Å². The molecule has 1 fully saturated rings. The van der Waals surface area contributed by atoms with E-state index in [0.29, 0.717) is 11.1 Å². The van der Waals surface area contributed by atoms with Gasteiger partial charge in [-0.3, -0.25) is 8.74 Å². The van der Waals surface area contributed by atoms with Crippen molar-refractivity contribution in [3.8, 4) is 0 Å². The monoisotopic (exact) mass is 494 g/mol. The largest absolute Gasteiger partial charge is 0.296 e. The lowest BCUT2D eigenvalue weighted by atomic mass is 9.81. The van der Waals surface area contributed by atoms with Crippen LogP contribution in [-0.2, 0) is 24.4 Å². The standard InChI is InChI=1S/C25H34O6S2/c1-17(2)23-14-21(15-24(25(23)32(26,27)28)20-8-6-5-7-9-20)19(4)16-31-33(29,30)22-12-10-18(3)11-13-22/h10-15,17,19-20H,5-9,16H2,1-4H3,(H,26,27,28). The van der Waals surface area contributed by atoms with Crippen LogP contribution in [0.4, 0.5) is 0 Å². The van der Waals surface area contributed by atoms with Gasteiger partial charge in [0.25, 0.3) is 20.2 Å². The molecule has 0 heterocycles. The van der Waals surface area contributed by atoms with E-state index >= 15 is 0 Å². The van der Waals surface area contributed by atoms with Crippen molar-refractivity contribution in [3.05, 3.63) is 58.7 Å². The molecule has 1 aliphatic rings. The Hall–Kier alpha value is -1.74. The van der Waals surface area contributed by atoms with Crippen molar-refractivity contribution in [1.29, 1.82) is 0 Å². The summed E-state index contributed by atoms with van der Waals surface area (Å²) in [4.78, 5) is 0.126. The van der Waals surface area contributed by atoms with Crippen molar-refractivity contribution in [3.63, 3.8) is 0 Å². The van der Waals surface area contributed by atoms with E-state index in [0.717, 1.165) is 43.2 Å². The number of rotatable bonds is 8. The number of hydrogen-bond donors (Lipinski definition) is 1. The summed E-state index contributed by atoms with van der Waals surface area (Å²) in [5.74, 6) is -0.369. The Labute approximate surface area is 198 Å². The number of hydrogen-bond acceptors (Lipinski definition) is 5. The van der Waals surface area contributed by atoms with E-state index in [-0.39, 0.29) is 34.2 Å². The fourth-order valence-corrected chi connectivity index (χ4v) is 6.59. The molecule has 2 aromatic carbocycles. The molecule has 0 aromatic heterocycles. The molecule has 0 bridgehead atoms. The zero-order valence-corrected chi connectivity index (χ0v) is 21.4. The van der Waals surface area contributed by atoms with Gasteiger partial charge in [0.1, 0.15) is 4.90 Å². The molecule has 0 saturated heterocycles. The SMILES string of the molecule is Cc1ccc(S(=O)(=O)OCC(C)c2cc(C(C)C)c(S(=O)(=O)O)c(C3CCCCC3)c2)cc1. The zero-order valence-electron chi connectivity index (χ0n) is 19.7. The lowest BCUT2D eigenvalue weighted by Crippen LogP contribution is -2.17. The molecule has 1 N–H and O–H groups in total. The lowest BCUT2D eigenvalue weighted by molar-refractivity contribution is 0.298. The first-order chi connectivity index (χ1) is 15.4. The molecule has 182 valence electrons. The third kappa shape index (κ3) is 6.23. The Morgan fingerprint density at radius 1 is 0.970 bits per heavy atom. The highest BCUT2D eigenvalue weighted by molar-refractivity contribution is 7.86. The second kappa shape index (κ2) is 10.3. The van der Waals surface area contributed by atoms with E-state index in [9.17, 15) is 21.4 Å². The van der Waals surface area contributed by atoms with Crippen LogP contribution in [0.25, 0.3) is 0 Å². The average molecular weight is 495 g/mol. The zero-order chi connectivity index (χ0) is 24.4. The maximum atomic E-state index is 12.6. The summed E-state index contributed by atoms with van der Waals surface area (Å²) < 4.78 is 65.5. The van der Waals surface area contributed by atoms with Crippen LogP contribution in [0.15, 0.2) is 46.2 Å². The summed E-state index contributed by atoms with van der Waals surface area (Å²) >= 11 is 0. The van der Waals surface area contributed by atoms with Crippen LogP contribution in [-0.4, -0.2) is 28.0 Å². The van der Waals surface area contributed by atoms with E-state index in [2.05, 4.69) is 0 Å². The quantitative estimate of drug-likeness (QED) is 0.361. The third-order valence-corrected chi connectivity index (χ3v) is 8.73. The van der Waals surface area contributed by atoms with Crippen molar-refractivity contribution >= 4 is 20.2 Å². The van der Waals surface area contributed by atoms with Crippen LogP contribution >= 0.6 is 0 Å². The summed E-state index contributed by atoms with van der Waals surface area (Å²) in [6, 6.07) is 10.1. The minimum absolute atomic E-state index is 0.0218. The Morgan fingerprint density at radius 3 is 2.12 bits per heavy atom. The lowest BCUT2D eigenvalue weighted by Gasteiger charge is -2.27. The topological polar surface area (TPSA) is 97.7 Å². The van der Waals surface area contributed by atoms with Gasteiger partial charge >= 0.3 is 0 Å². The van der Waals surface area contributed by atoms with Gasteiger partial charge in [-0.15, -0.1) is 0 Å². The number of aryl methyl sites for hydroxylation is 1. The number of benzene rings is 2. The van der Waals surface area contributed by atoms with Crippen molar-refractivity contribution in [1.82, 2.24) is 0 Å². The minimum Gasteiger partial charge on any atom is -0.282 e. The van der Waals surface area contributed by atoms with Crippen LogP contribution in [0.1, 0.15) is 92.9 Å². The maximum absolute atomic E-state index is 12.6. The van der Waals surface area contributed by atoms with Gasteiger partial charge in [0.15, 0.2) is 0 Å². The minimum atomic E-state index is -4.40. The van der Waals surface area contributed by atoms with Crippen LogP contribution < -0.4 is 0 Å². The van der Waals surface area contributed by atoms with Gasteiger partial charge in [-0.05, 0) is 60.4 Å².